The summed E-state index contributed by atoms with van der Waals surface area (Å²) in [7, 11) is 0. The quantitative estimate of drug-likeness (QED) is 0.889. The lowest BCUT2D eigenvalue weighted by Gasteiger charge is -2.08. The number of amides is 2. The Labute approximate surface area is 124 Å². The Morgan fingerprint density at radius 3 is 2.67 bits per heavy atom. The molecular formula is C13H13F2N3O2S. The molecule has 2 N–H and O–H groups in total. The number of nitrogens with one attached hydrogen (secondary N) is 2. The van der Waals surface area contributed by atoms with E-state index in [2.05, 4.69) is 20.4 Å². The van der Waals surface area contributed by atoms with Crippen LogP contribution in [0.2, 0.25) is 0 Å². The van der Waals surface area contributed by atoms with Crippen molar-refractivity contribution in [2.75, 3.05) is 5.32 Å². The highest BCUT2D eigenvalue weighted by Crippen LogP contribution is 2.17. The van der Waals surface area contributed by atoms with Gasteiger partial charge in [0, 0.05) is 16.8 Å². The van der Waals surface area contributed by atoms with Crippen molar-refractivity contribution in [2.24, 2.45) is 0 Å². The van der Waals surface area contributed by atoms with Crippen molar-refractivity contribution >= 4 is 23.1 Å². The van der Waals surface area contributed by atoms with Crippen LogP contribution in [0.15, 0.2) is 30.5 Å². The minimum absolute atomic E-state index is 0.0363. The number of nitrogens with zero attached hydrogens (tertiary/aromatic N) is 1. The molecule has 112 valence electrons. The van der Waals surface area contributed by atoms with Crippen LogP contribution in [0.5, 0.6) is 5.75 Å². The fourth-order valence-electron chi connectivity index (χ4n) is 1.53. The van der Waals surface area contributed by atoms with Gasteiger partial charge >= 0.3 is 12.6 Å². The van der Waals surface area contributed by atoms with Gasteiger partial charge in [-0.15, -0.1) is 11.3 Å². The SMILES string of the molecule is Cc1cnc(CNC(=O)Nc2ccc(OC(F)F)cc2)s1. The number of ether oxygens (including phenoxy) is 1. The maximum atomic E-state index is 12.0. The van der Waals surface area contributed by atoms with Crippen LogP contribution in [0, 0.1) is 6.92 Å². The number of carbonyl (C=O) groups excluding carboxylic acids is 1. The number of benzene rings is 1. The number of carbonyl (C=O) groups is 1. The van der Waals surface area contributed by atoms with Crippen LogP contribution in [-0.4, -0.2) is 17.6 Å². The van der Waals surface area contributed by atoms with Crippen LogP contribution >= 0.6 is 11.3 Å². The summed E-state index contributed by atoms with van der Waals surface area (Å²) in [5, 5.41) is 6.05. The van der Waals surface area contributed by atoms with Crippen molar-refractivity contribution in [1.29, 1.82) is 0 Å². The fraction of sp³-hybridized carbons (Fsp3) is 0.231. The van der Waals surface area contributed by atoms with E-state index in [0.717, 1.165) is 9.88 Å². The summed E-state index contributed by atoms with van der Waals surface area (Å²) in [5.41, 5.74) is 0.476. The molecular weight excluding hydrogens is 300 g/mol. The number of hydrogen-bond acceptors (Lipinski definition) is 4. The van der Waals surface area contributed by atoms with Crippen molar-refractivity contribution < 1.29 is 18.3 Å². The van der Waals surface area contributed by atoms with Crippen molar-refractivity contribution in [3.63, 3.8) is 0 Å². The van der Waals surface area contributed by atoms with Gasteiger partial charge in [0.25, 0.3) is 0 Å². The van der Waals surface area contributed by atoms with E-state index >= 15 is 0 Å². The van der Waals surface area contributed by atoms with E-state index in [1.54, 1.807) is 6.20 Å². The smallest absolute Gasteiger partial charge is 0.387 e. The maximum Gasteiger partial charge on any atom is 0.387 e. The Kier molecular flexibility index (Phi) is 5.04. The zero-order valence-corrected chi connectivity index (χ0v) is 11.9. The predicted octanol–water partition coefficient (Wildman–Crippen LogP) is 3.37. The highest BCUT2D eigenvalue weighted by atomic mass is 32.1. The Morgan fingerprint density at radius 2 is 2.10 bits per heavy atom. The first-order chi connectivity index (χ1) is 10.0. The average Bonchev–Trinajstić information content (AvgIpc) is 2.84. The molecule has 0 saturated carbocycles. The van der Waals surface area contributed by atoms with Gasteiger partial charge in [-0.25, -0.2) is 9.78 Å². The van der Waals surface area contributed by atoms with Crippen molar-refractivity contribution in [3.8, 4) is 5.75 Å². The molecule has 1 aromatic heterocycles. The summed E-state index contributed by atoms with van der Waals surface area (Å²) in [6.45, 7) is -0.602. The molecule has 0 fully saturated rings. The van der Waals surface area contributed by atoms with E-state index in [0.29, 0.717) is 12.2 Å². The highest BCUT2D eigenvalue weighted by Gasteiger charge is 2.06. The van der Waals surface area contributed by atoms with E-state index in [1.165, 1.54) is 35.6 Å². The molecule has 0 aliphatic rings. The molecule has 21 heavy (non-hydrogen) atoms. The zero-order valence-electron chi connectivity index (χ0n) is 11.1. The van der Waals surface area contributed by atoms with Crippen molar-refractivity contribution in [1.82, 2.24) is 10.3 Å². The number of aryl methyl sites for hydroxylation is 1. The number of thiazole rings is 1. The molecule has 0 radical (unpaired) electrons. The van der Waals surface area contributed by atoms with E-state index in [-0.39, 0.29) is 5.75 Å². The molecule has 0 saturated heterocycles. The zero-order chi connectivity index (χ0) is 15.2. The van der Waals surface area contributed by atoms with Gasteiger partial charge in [-0.3, -0.25) is 0 Å². The molecule has 0 unspecified atom stereocenters. The fourth-order valence-corrected chi connectivity index (χ4v) is 2.26. The Hall–Kier alpha value is -2.22. The third-order valence-electron chi connectivity index (χ3n) is 2.41. The molecule has 2 aromatic rings. The molecule has 0 aliphatic heterocycles. The molecule has 5 nitrogen and oxygen atoms in total. The Balaban J connectivity index is 1.82. The molecule has 1 aromatic carbocycles. The second-order valence-electron chi connectivity index (χ2n) is 4.08. The van der Waals surface area contributed by atoms with Gasteiger partial charge in [0.05, 0.1) is 6.54 Å². The molecule has 2 rings (SSSR count). The van der Waals surface area contributed by atoms with Crippen LogP contribution in [0.3, 0.4) is 0 Å². The van der Waals surface area contributed by atoms with Crippen LogP contribution in [0.25, 0.3) is 0 Å². The topological polar surface area (TPSA) is 63.2 Å². The summed E-state index contributed by atoms with van der Waals surface area (Å²) >= 11 is 1.50. The largest absolute Gasteiger partial charge is 0.435 e. The lowest BCUT2D eigenvalue weighted by molar-refractivity contribution is -0.0498. The van der Waals surface area contributed by atoms with E-state index in [1.807, 2.05) is 6.92 Å². The van der Waals surface area contributed by atoms with Gasteiger partial charge in [0.1, 0.15) is 10.8 Å². The number of anilines is 1. The minimum atomic E-state index is -2.87. The van der Waals surface area contributed by atoms with Crippen LogP contribution < -0.4 is 15.4 Å². The average molecular weight is 313 g/mol. The van der Waals surface area contributed by atoms with E-state index < -0.39 is 12.6 Å². The summed E-state index contributed by atoms with van der Waals surface area (Å²) < 4.78 is 28.2. The monoisotopic (exact) mass is 313 g/mol. The second kappa shape index (κ2) is 6.98. The first-order valence-corrected chi connectivity index (χ1v) is 6.85. The standard InChI is InChI=1S/C13H13F2N3O2S/c1-8-6-16-11(21-8)7-17-13(19)18-9-2-4-10(5-3-9)20-12(14)15/h2-6,12H,7H2,1H3,(H2,17,18,19). The molecule has 0 spiro atoms. The van der Waals surface area contributed by atoms with Gasteiger partial charge in [-0.1, -0.05) is 0 Å². The lowest BCUT2D eigenvalue weighted by atomic mass is 10.3. The Bertz CT molecular complexity index is 602. The van der Waals surface area contributed by atoms with Gasteiger partial charge in [-0.05, 0) is 31.2 Å². The molecule has 0 bridgehead atoms. The number of halogens is 2. The normalized spacial score (nSPS) is 10.5. The first-order valence-electron chi connectivity index (χ1n) is 6.04. The molecule has 1 heterocycles. The van der Waals surface area contributed by atoms with Gasteiger partial charge < -0.3 is 15.4 Å². The van der Waals surface area contributed by atoms with Crippen LogP contribution in [0.1, 0.15) is 9.88 Å². The summed E-state index contributed by atoms with van der Waals surface area (Å²) in [5.74, 6) is 0.0363. The lowest BCUT2D eigenvalue weighted by Crippen LogP contribution is -2.28. The second-order valence-corrected chi connectivity index (χ2v) is 5.39. The summed E-state index contributed by atoms with van der Waals surface area (Å²) in [6.07, 6.45) is 1.74. The first kappa shape index (κ1) is 15.2. The summed E-state index contributed by atoms with van der Waals surface area (Å²) in [6, 6.07) is 5.26. The van der Waals surface area contributed by atoms with Gasteiger partial charge in [0.15, 0.2) is 0 Å². The number of urea groups is 1. The Morgan fingerprint density at radius 1 is 1.38 bits per heavy atom. The molecule has 0 aliphatic carbocycles. The number of aromatic nitrogens is 1. The third kappa shape index (κ3) is 4.99. The minimum Gasteiger partial charge on any atom is -0.435 e. The number of hydrogen-bond donors (Lipinski definition) is 2. The molecule has 2 amide bonds. The van der Waals surface area contributed by atoms with Crippen molar-refractivity contribution in [2.45, 2.75) is 20.1 Å². The summed E-state index contributed by atoms with van der Waals surface area (Å²) in [4.78, 5) is 16.9. The van der Waals surface area contributed by atoms with Crippen LogP contribution in [-0.2, 0) is 6.54 Å². The van der Waals surface area contributed by atoms with Crippen molar-refractivity contribution in [3.05, 3.63) is 40.3 Å². The van der Waals surface area contributed by atoms with E-state index in [4.69, 9.17) is 0 Å². The number of rotatable bonds is 5. The molecule has 0 atom stereocenters. The molecule has 8 heteroatoms. The van der Waals surface area contributed by atoms with Gasteiger partial charge in [0.2, 0.25) is 0 Å². The maximum absolute atomic E-state index is 12.0. The number of alkyl halides is 2. The highest BCUT2D eigenvalue weighted by molar-refractivity contribution is 7.11. The van der Waals surface area contributed by atoms with Crippen LogP contribution in [0.4, 0.5) is 19.3 Å². The predicted molar refractivity (Wildman–Crippen MR) is 75.8 cm³/mol. The third-order valence-corrected chi connectivity index (χ3v) is 3.32. The van der Waals surface area contributed by atoms with E-state index in [9.17, 15) is 13.6 Å². The van der Waals surface area contributed by atoms with Gasteiger partial charge in [-0.2, -0.15) is 8.78 Å².